The van der Waals surface area contributed by atoms with Crippen LogP contribution >= 0.6 is 0 Å². The van der Waals surface area contributed by atoms with E-state index in [1.54, 1.807) is 0 Å². The van der Waals surface area contributed by atoms with Crippen LogP contribution < -0.4 is 4.57 Å². The lowest BCUT2D eigenvalue weighted by atomic mass is 10.1. The summed E-state index contributed by atoms with van der Waals surface area (Å²) in [6.07, 6.45) is 25.3. The third-order valence-corrected chi connectivity index (χ3v) is 6.26. The van der Waals surface area contributed by atoms with Gasteiger partial charge in [0.1, 0.15) is 12.4 Å². The lowest BCUT2D eigenvalue weighted by Gasteiger charge is -2.06. The van der Waals surface area contributed by atoms with Crippen molar-refractivity contribution < 1.29 is 4.57 Å². The van der Waals surface area contributed by atoms with Gasteiger partial charge in [-0.25, -0.2) is 9.13 Å². The van der Waals surface area contributed by atoms with E-state index in [4.69, 9.17) is 0 Å². The number of nitrogens with zero attached hydrogens (tertiary/aromatic N) is 2. The summed E-state index contributed by atoms with van der Waals surface area (Å²) in [7, 11) is 0. The molecule has 0 atom stereocenters. The Morgan fingerprint density at radius 3 is 1.77 bits per heavy atom. The molecule has 0 saturated heterocycles. The molecule has 0 saturated carbocycles. The van der Waals surface area contributed by atoms with E-state index in [0.29, 0.717) is 0 Å². The van der Waals surface area contributed by atoms with Gasteiger partial charge in [-0.1, -0.05) is 103 Å². The predicted octanol–water partition coefficient (Wildman–Crippen LogP) is 8.33. The first-order valence-electron chi connectivity index (χ1n) is 13.0. The van der Waals surface area contributed by atoms with Crippen LogP contribution in [0.3, 0.4) is 0 Å². The number of aryl methyl sites for hydroxylation is 2. The zero-order chi connectivity index (χ0) is 21.3. The van der Waals surface area contributed by atoms with Crippen LogP contribution in [0, 0.1) is 0 Å². The van der Waals surface area contributed by atoms with Crippen molar-refractivity contribution in [1.29, 1.82) is 0 Å². The van der Waals surface area contributed by atoms with Gasteiger partial charge in [0.05, 0.1) is 18.7 Å². The fourth-order valence-electron chi connectivity index (χ4n) is 4.40. The van der Waals surface area contributed by atoms with Crippen molar-refractivity contribution >= 4 is 0 Å². The van der Waals surface area contributed by atoms with Gasteiger partial charge in [-0.15, -0.1) is 0 Å². The molecule has 2 nitrogen and oxygen atoms in total. The van der Waals surface area contributed by atoms with E-state index in [0.717, 1.165) is 13.1 Å². The highest BCUT2D eigenvalue weighted by Gasteiger charge is 2.18. The lowest BCUT2D eigenvalue weighted by Crippen LogP contribution is -2.34. The molecule has 0 spiro atoms. The van der Waals surface area contributed by atoms with E-state index in [1.807, 2.05) is 0 Å². The van der Waals surface area contributed by atoms with Gasteiger partial charge in [-0.3, -0.25) is 0 Å². The summed E-state index contributed by atoms with van der Waals surface area (Å²) in [5, 5.41) is 0. The van der Waals surface area contributed by atoms with Gasteiger partial charge in [0.15, 0.2) is 0 Å². The maximum Gasteiger partial charge on any atom is 0.288 e. The average Bonchev–Trinajstić information content (AvgIpc) is 3.18. The molecule has 0 aliphatic carbocycles. The second-order valence-electron chi connectivity index (χ2n) is 8.97. The molecule has 0 amide bonds. The predicted molar refractivity (Wildman–Crippen MR) is 131 cm³/mol. The minimum atomic E-state index is 1.14. The Bertz CT molecular complexity index is 644. The molecule has 30 heavy (non-hydrogen) atoms. The molecule has 0 fully saturated rings. The molecule has 2 aromatic rings. The fourth-order valence-corrected chi connectivity index (χ4v) is 4.40. The van der Waals surface area contributed by atoms with Crippen LogP contribution in [-0.2, 0) is 13.1 Å². The molecule has 0 aliphatic rings. The summed E-state index contributed by atoms with van der Waals surface area (Å²) in [6, 6.07) is 11.0. The second kappa shape index (κ2) is 16.2. The topological polar surface area (TPSA) is 8.81 Å². The average molecular weight is 412 g/mol. The Hall–Kier alpha value is -1.57. The number of rotatable bonds is 18. The Morgan fingerprint density at radius 2 is 1.17 bits per heavy atom. The Balaban J connectivity index is 1.80. The third kappa shape index (κ3) is 9.49. The van der Waals surface area contributed by atoms with Crippen LogP contribution in [0.2, 0.25) is 0 Å². The smallest absolute Gasteiger partial charge is 0.230 e. The van der Waals surface area contributed by atoms with Crippen molar-refractivity contribution in [2.24, 2.45) is 0 Å². The summed E-state index contributed by atoms with van der Waals surface area (Å²) < 4.78 is 4.98. The van der Waals surface area contributed by atoms with Crippen LogP contribution in [0.5, 0.6) is 0 Å². The molecular weight excluding hydrogens is 364 g/mol. The standard InChI is InChI=1S/C28H47N2/c1-3-5-7-9-11-12-13-15-20-24-30-26-25-29(23-19-14-10-8-6-4-2)28(30)27-21-17-16-18-22-27/h16-18,21-22,25-26H,3-15,19-20,23-24H2,1-2H3/q+1. The summed E-state index contributed by atoms with van der Waals surface area (Å²) >= 11 is 0. The van der Waals surface area contributed by atoms with Crippen LogP contribution in [-0.4, -0.2) is 4.57 Å². The Morgan fingerprint density at radius 1 is 0.633 bits per heavy atom. The van der Waals surface area contributed by atoms with E-state index in [2.05, 4.69) is 65.7 Å². The molecular formula is C28H47N2+. The second-order valence-corrected chi connectivity index (χ2v) is 8.97. The zero-order valence-electron chi connectivity index (χ0n) is 20.0. The molecule has 1 heterocycles. The van der Waals surface area contributed by atoms with Crippen LogP contribution in [0.15, 0.2) is 42.7 Å². The van der Waals surface area contributed by atoms with Gasteiger partial charge in [0.25, 0.3) is 5.82 Å². The largest absolute Gasteiger partial charge is 0.288 e. The van der Waals surface area contributed by atoms with Gasteiger partial charge < -0.3 is 0 Å². The molecule has 0 aliphatic heterocycles. The molecule has 0 unspecified atom stereocenters. The first kappa shape index (κ1) is 24.7. The Kier molecular flexibility index (Phi) is 13.3. The summed E-state index contributed by atoms with van der Waals surface area (Å²) in [4.78, 5) is 0. The van der Waals surface area contributed by atoms with Crippen LogP contribution in [0.25, 0.3) is 11.4 Å². The summed E-state index contributed by atoms with van der Waals surface area (Å²) in [5.74, 6) is 1.39. The number of hydrogen-bond acceptors (Lipinski definition) is 0. The molecule has 168 valence electrons. The summed E-state index contributed by atoms with van der Waals surface area (Å²) in [6.45, 7) is 6.87. The van der Waals surface area contributed by atoms with Crippen molar-refractivity contribution in [3.05, 3.63) is 42.7 Å². The maximum absolute atomic E-state index is 2.49. The maximum atomic E-state index is 2.49. The van der Waals surface area contributed by atoms with Crippen molar-refractivity contribution in [2.45, 2.75) is 123 Å². The highest BCUT2D eigenvalue weighted by Crippen LogP contribution is 2.18. The number of hydrogen-bond donors (Lipinski definition) is 0. The number of imidazole rings is 1. The number of unbranched alkanes of at least 4 members (excludes halogenated alkanes) is 13. The molecule has 2 heteroatoms. The van der Waals surface area contributed by atoms with Crippen molar-refractivity contribution in [3.63, 3.8) is 0 Å². The molecule has 0 N–H and O–H groups in total. The van der Waals surface area contributed by atoms with Gasteiger partial charge >= 0.3 is 0 Å². The molecule has 0 bridgehead atoms. The highest BCUT2D eigenvalue weighted by molar-refractivity contribution is 5.52. The van der Waals surface area contributed by atoms with E-state index < -0.39 is 0 Å². The first-order valence-corrected chi connectivity index (χ1v) is 13.0. The molecule has 2 rings (SSSR count). The fraction of sp³-hybridized carbons (Fsp3) is 0.679. The monoisotopic (exact) mass is 411 g/mol. The normalized spacial score (nSPS) is 11.3. The van der Waals surface area contributed by atoms with Gasteiger partial charge in [-0.2, -0.15) is 0 Å². The zero-order valence-corrected chi connectivity index (χ0v) is 20.0. The van der Waals surface area contributed by atoms with E-state index in [-0.39, 0.29) is 0 Å². The number of aromatic nitrogens is 2. The summed E-state index contributed by atoms with van der Waals surface area (Å²) in [5.41, 5.74) is 1.35. The lowest BCUT2D eigenvalue weighted by molar-refractivity contribution is -0.686. The van der Waals surface area contributed by atoms with Crippen molar-refractivity contribution in [2.75, 3.05) is 0 Å². The van der Waals surface area contributed by atoms with Crippen molar-refractivity contribution in [1.82, 2.24) is 4.57 Å². The first-order chi connectivity index (χ1) is 14.9. The quantitative estimate of drug-likeness (QED) is 0.172. The van der Waals surface area contributed by atoms with Gasteiger partial charge in [0, 0.05) is 0 Å². The molecule has 0 radical (unpaired) electrons. The van der Waals surface area contributed by atoms with E-state index in [9.17, 15) is 0 Å². The minimum absolute atomic E-state index is 1.14. The highest BCUT2D eigenvalue weighted by atomic mass is 15.1. The molecule has 1 aromatic carbocycles. The minimum Gasteiger partial charge on any atom is -0.230 e. The third-order valence-electron chi connectivity index (χ3n) is 6.26. The van der Waals surface area contributed by atoms with Gasteiger partial charge in [-0.05, 0) is 37.8 Å². The van der Waals surface area contributed by atoms with E-state index >= 15 is 0 Å². The van der Waals surface area contributed by atoms with Crippen molar-refractivity contribution in [3.8, 4) is 11.4 Å². The SMILES string of the molecule is CCCCCCCCCCC[n+]1ccn(CCCCCCCC)c1-c1ccccc1. The number of benzene rings is 1. The Labute approximate surface area is 186 Å². The van der Waals surface area contributed by atoms with E-state index in [1.165, 1.54) is 108 Å². The van der Waals surface area contributed by atoms with Crippen LogP contribution in [0.1, 0.15) is 110 Å². The van der Waals surface area contributed by atoms with Crippen LogP contribution in [0.4, 0.5) is 0 Å². The van der Waals surface area contributed by atoms with Gasteiger partial charge in [0.2, 0.25) is 0 Å². The molecule has 1 aromatic heterocycles.